The van der Waals surface area contributed by atoms with Gasteiger partial charge in [-0.05, 0) is 23.6 Å². The van der Waals surface area contributed by atoms with E-state index in [4.69, 9.17) is 5.14 Å². The number of carbonyl (C=O) groups excluding carboxylic acids is 2. The van der Waals surface area contributed by atoms with Crippen LogP contribution in [0.4, 0.5) is 0 Å². The summed E-state index contributed by atoms with van der Waals surface area (Å²) in [7, 11) is -3.87. The number of benzene rings is 1. The average Bonchev–Trinajstić information content (AvgIpc) is 3.49. The number of fused-ring (bicyclic) bond motifs is 2. The molecule has 0 fully saturated rings. The molecule has 0 aliphatic carbocycles. The summed E-state index contributed by atoms with van der Waals surface area (Å²) >= 11 is 0.916. The highest BCUT2D eigenvalue weighted by molar-refractivity contribution is 7.91. The van der Waals surface area contributed by atoms with Crippen LogP contribution in [0.25, 0.3) is 0 Å². The van der Waals surface area contributed by atoms with Gasteiger partial charge in [0.15, 0.2) is 0 Å². The molecule has 0 radical (unpaired) electrons. The van der Waals surface area contributed by atoms with Crippen LogP contribution >= 0.6 is 11.3 Å². The molecule has 1 atom stereocenters. The maximum Gasteiger partial charge on any atom is 0.270 e. The Morgan fingerprint density at radius 2 is 2.06 bits per heavy atom. The van der Waals surface area contributed by atoms with E-state index in [-0.39, 0.29) is 28.1 Å². The number of nitrogens with two attached hydrogens (primary N) is 1. The number of primary sulfonamides is 1. The Morgan fingerprint density at radius 3 is 2.84 bits per heavy atom. The highest BCUT2D eigenvalue weighted by Gasteiger charge is 2.31. The van der Waals surface area contributed by atoms with Crippen LogP contribution in [0.2, 0.25) is 0 Å². The molecule has 2 aromatic heterocycles. The molecule has 32 heavy (non-hydrogen) atoms. The molecule has 2 aliphatic heterocycles. The maximum absolute atomic E-state index is 13.1. The van der Waals surface area contributed by atoms with Crippen LogP contribution < -0.4 is 10.5 Å². The number of nitrogens with one attached hydrogen (secondary N) is 1. The number of aromatic nitrogens is 2. The minimum Gasteiger partial charge on any atom is -0.342 e. The standard InChI is InChI=1S/C21H21N5O4S2/c22-32(29,30)19-8-14(12-31-19)21(28)25-10-13-4-1-2-5-15(13)16(11-25)24-20(27)17-9-23-18-6-3-7-26(17)18/h1-2,4-5,8-9,12,16H,3,6-7,10-11H2,(H,24,27)(H2,22,29,30). The lowest BCUT2D eigenvalue weighted by molar-refractivity contribution is 0.0692. The minimum atomic E-state index is -3.87. The minimum absolute atomic E-state index is 0.0577. The Morgan fingerprint density at radius 1 is 1.25 bits per heavy atom. The van der Waals surface area contributed by atoms with E-state index in [9.17, 15) is 18.0 Å². The monoisotopic (exact) mass is 471 g/mol. The molecule has 1 aromatic carbocycles. The number of aryl methyl sites for hydroxylation is 1. The zero-order valence-electron chi connectivity index (χ0n) is 17.0. The molecule has 3 aromatic rings. The number of sulfonamides is 1. The lowest BCUT2D eigenvalue weighted by Crippen LogP contribution is -2.44. The first-order chi connectivity index (χ1) is 15.3. The number of carbonyl (C=O) groups is 2. The summed E-state index contributed by atoms with van der Waals surface area (Å²) in [5.74, 6) is 0.376. The van der Waals surface area contributed by atoms with Gasteiger partial charge in [-0.2, -0.15) is 0 Å². The van der Waals surface area contributed by atoms with E-state index < -0.39 is 16.1 Å². The second kappa shape index (κ2) is 7.84. The largest absolute Gasteiger partial charge is 0.342 e. The van der Waals surface area contributed by atoms with Crippen LogP contribution in [0, 0.1) is 0 Å². The predicted octanol–water partition coefficient (Wildman–Crippen LogP) is 1.67. The SMILES string of the molecule is NS(=O)(=O)c1cc(C(=O)N2Cc3ccccc3C(NC(=O)c3cnc4n3CCC4)C2)cs1. The van der Waals surface area contributed by atoms with E-state index in [0.29, 0.717) is 12.2 Å². The zero-order valence-corrected chi connectivity index (χ0v) is 18.7. The Hall–Kier alpha value is -3.02. The van der Waals surface area contributed by atoms with Crippen molar-refractivity contribution in [2.75, 3.05) is 6.54 Å². The molecule has 0 bridgehead atoms. The average molecular weight is 472 g/mol. The molecule has 2 amide bonds. The van der Waals surface area contributed by atoms with Gasteiger partial charge in [-0.3, -0.25) is 9.59 Å². The molecule has 0 spiro atoms. The van der Waals surface area contributed by atoms with Gasteiger partial charge in [0.25, 0.3) is 11.8 Å². The van der Waals surface area contributed by atoms with Gasteiger partial charge >= 0.3 is 0 Å². The van der Waals surface area contributed by atoms with Crippen LogP contribution in [0.15, 0.2) is 46.1 Å². The number of hydrogen-bond acceptors (Lipinski definition) is 6. The first-order valence-electron chi connectivity index (χ1n) is 10.1. The lowest BCUT2D eigenvalue weighted by Gasteiger charge is -2.35. The number of nitrogens with zero attached hydrogens (tertiary/aromatic N) is 3. The van der Waals surface area contributed by atoms with Crippen molar-refractivity contribution in [3.63, 3.8) is 0 Å². The van der Waals surface area contributed by atoms with Crippen LogP contribution in [0.3, 0.4) is 0 Å². The molecule has 2 aliphatic rings. The molecule has 5 rings (SSSR count). The summed E-state index contributed by atoms with van der Waals surface area (Å²) < 4.78 is 25.0. The third-order valence-electron chi connectivity index (χ3n) is 5.84. The molecule has 3 N–H and O–H groups in total. The highest BCUT2D eigenvalue weighted by atomic mass is 32.2. The molecule has 166 valence electrons. The summed E-state index contributed by atoms with van der Waals surface area (Å²) in [5, 5.41) is 9.73. The molecule has 11 heteroatoms. The van der Waals surface area contributed by atoms with Crippen molar-refractivity contribution in [1.29, 1.82) is 0 Å². The van der Waals surface area contributed by atoms with Crippen LogP contribution in [-0.4, -0.2) is 41.2 Å². The zero-order chi connectivity index (χ0) is 22.5. The van der Waals surface area contributed by atoms with Gasteiger partial charge in [0.1, 0.15) is 15.7 Å². The van der Waals surface area contributed by atoms with Gasteiger partial charge in [-0.25, -0.2) is 18.5 Å². The van der Waals surface area contributed by atoms with E-state index in [2.05, 4.69) is 10.3 Å². The second-order valence-corrected chi connectivity index (χ2v) is 10.6. The number of hydrogen-bond donors (Lipinski definition) is 2. The summed E-state index contributed by atoms with van der Waals surface area (Å²) in [6, 6.07) is 8.56. The Balaban J connectivity index is 1.41. The summed E-state index contributed by atoms with van der Waals surface area (Å²) in [6.07, 6.45) is 3.43. The first-order valence-corrected chi connectivity index (χ1v) is 12.6. The van der Waals surface area contributed by atoms with Crippen molar-refractivity contribution in [1.82, 2.24) is 19.8 Å². The molecular weight excluding hydrogens is 450 g/mol. The van der Waals surface area contributed by atoms with E-state index in [1.165, 1.54) is 11.4 Å². The molecule has 9 nitrogen and oxygen atoms in total. The van der Waals surface area contributed by atoms with E-state index >= 15 is 0 Å². The second-order valence-electron chi connectivity index (χ2n) is 7.92. The number of thiophene rings is 1. The van der Waals surface area contributed by atoms with Crippen molar-refractivity contribution in [3.05, 3.63) is 70.1 Å². The number of rotatable bonds is 4. The summed E-state index contributed by atoms with van der Waals surface area (Å²) in [4.78, 5) is 32.1. The predicted molar refractivity (Wildman–Crippen MR) is 118 cm³/mol. The van der Waals surface area contributed by atoms with E-state index in [0.717, 1.165) is 47.7 Å². The van der Waals surface area contributed by atoms with Crippen molar-refractivity contribution in [2.24, 2.45) is 5.14 Å². The van der Waals surface area contributed by atoms with Gasteiger partial charge in [0.2, 0.25) is 10.0 Å². The van der Waals surface area contributed by atoms with Gasteiger partial charge < -0.3 is 14.8 Å². The Labute approximate surface area is 188 Å². The van der Waals surface area contributed by atoms with Gasteiger partial charge in [-0.15, -0.1) is 11.3 Å². The fourth-order valence-electron chi connectivity index (χ4n) is 4.32. The third-order valence-corrected chi connectivity index (χ3v) is 8.23. The summed E-state index contributed by atoms with van der Waals surface area (Å²) in [6.45, 7) is 1.40. The fourth-order valence-corrected chi connectivity index (χ4v) is 5.90. The molecule has 0 saturated heterocycles. The Bertz CT molecular complexity index is 1330. The van der Waals surface area contributed by atoms with E-state index in [1.54, 1.807) is 11.1 Å². The number of amides is 2. The Kier molecular flexibility index (Phi) is 5.11. The normalized spacial score (nSPS) is 17.7. The summed E-state index contributed by atoms with van der Waals surface area (Å²) in [5.41, 5.74) is 2.67. The molecule has 1 unspecified atom stereocenters. The van der Waals surface area contributed by atoms with Crippen molar-refractivity contribution < 1.29 is 18.0 Å². The van der Waals surface area contributed by atoms with Crippen LogP contribution in [0.5, 0.6) is 0 Å². The van der Waals surface area contributed by atoms with Crippen molar-refractivity contribution >= 4 is 33.2 Å². The fraction of sp³-hybridized carbons (Fsp3) is 0.286. The smallest absolute Gasteiger partial charge is 0.270 e. The van der Waals surface area contributed by atoms with Crippen molar-refractivity contribution in [2.45, 2.75) is 36.2 Å². The molecular formula is C21H21N5O4S2. The van der Waals surface area contributed by atoms with Gasteiger partial charge in [0, 0.05) is 31.4 Å². The quantitative estimate of drug-likeness (QED) is 0.598. The topological polar surface area (TPSA) is 127 Å². The van der Waals surface area contributed by atoms with Crippen molar-refractivity contribution in [3.8, 4) is 0 Å². The molecule has 4 heterocycles. The van der Waals surface area contributed by atoms with Gasteiger partial charge in [-0.1, -0.05) is 24.3 Å². The van der Waals surface area contributed by atoms with Gasteiger partial charge in [0.05, 0.1) is 17.8 Å². The van der Waals surface area contributed by atoms with Crippen LogP contribution in [0.1, 0.15) is 50.3 Å². The maximum atomic E-state index is 13.1. The first kappa shape index (κ1) is 20.9. The lowest BCUT2D eigenvalue weighted by atomic mass is 9.95. The van der Waals surface area contributed by atoms with Crippen LogP contribution in [-0.2, 0) is 29.5 Å². The third kappa shape index (κ3) is 3.72. The van der Waals surface area contributed by atoms with E-state index in [1.807, 2.05) is 28.8 Å². The number of imidazole rings is 1. The molecule has 0 saturated carbocycles. The highest BCUT2D eigenvalue weighted by Crippen LogP contribution is 2.29.